The summed E-state index contributed by atoms with van der Waals surface area (Å²) in [4.78, 5) is 24.9. The third kappa shape index (κ3) is 4.73. The summed E-state index contributed by atoms with van der Waals surface area (Å²) < 4.78 is 19.3. The second kappa shape index (κ2) is 9.27. The summed E-state index contributed by atoms with van der Waals surface area (Å²) in [5.74, 6) is 1.31. The third-order valence-corrected chi connectivity index (χ3v) is 7.13. The number of thiazole rings is 1. The molecular formula is C26H24FN3O2S. The van der Waals surface area contributed by atoms with E-state index >= 15 is 0 Å². The highest BCUT2D eigenvalue weighted by atomic mass is 32.1. The fraction of sp³-hybridized carbons (Fsp3) is 0.269. The van der Waals surface area contributed by atoms with Crippen LogP contribution in [-0.2, 0) is 6.42 Å². The Bertz CT molecular complexity index is 1250. The van der Waals surface area contributed by atoms with Crippen molar-refractivity contribution in [2.24, 2.45) is 0 Å². The van der Waals surface area contributed by atoms with Gasteiger partial charge in [0, 0.05) is 25.1 Å². The number of halogens is 1. The molecule has 7 heteroatoms. The van der Waals surface area contributed by atoms with Gasteiger partial charge in [0.15, 0.2) is 5.89 Å². The average molecular weight is 462 g/mol. The fourth-order valence-electron chi connectivity index (χ4n) is 4.21. The van der Waals surface area contributed by atoms with Gasteiger partial charge in [-0.15, -0.1) is 11.3 Å². The molecule has 33 heavy (non-hydrogen) atoms. The Morgan fingerprint density at radius 1 is 1.18 bits per heavy atom. The lowest BCUT2D eigenvalue weighted by molar-refractivity contribution is 0.0702. The lowest BCUT2D eigenvalue weighted by Crippen LogP contribution is -2.39. The molecule has 2 aromatic heterocycles. The molecule has 0 saturated carbocycles. The molecule has 5 nitrogen and oxygen atoms in total. The van der Waals surface area contributed by atoms with Crippen LogP contribution in [0.5, 0.6) is 0 Å². The average Bonchev–Trinajstić information content (AvgIpc) is 3.46. The number of carbonyl (C=O) groups is 1. The molecule has 1 saturated heterocycles. The van der Waals surface area contributed by atoms with Crippen LogP contribution < -0.4 is 0 Å². The lowest BCUT2D eigenvalue weighted by atomic mass is 9.98. The van der Waals surface area contributed by atoms with E-state index in [1.807, 2.05) is 30.0 Å². The predicted molar refractivity (Wildman–Crippen MR) is 126 cm³/mol. The monoisotopic (exact) mass is 461 g/mol. The van der Waals surface area contributed by atoms with Gasteiger partial charge in [-0.1, -0.05) is 30.3 Å². The Balaban J connectivity index is 1.29. The zero-order valence-electron chi connectivity index (χ0n) is 18.3. The molecule has 1 aliphatic heterocycles. The van der Waals surface area contributed by atoms with Gasteiger partial charge >= 0.3 is 0 Å². The van der Waals surface area contributed by atoms with Crippen molar-refractivity contribution in [1.29, 1.82) is 0 Å². The van der Waals surface area contributed by atoms with Crippen LogP contribution in [-0.4, -0.2) is 33.9 Å². The molecule has 0 radical (unpaired) electrons. The number of oxazole rings is 1. The summed E-state index contributed by atoms with van der Waals surface area (Å²) in [6.07, 6.45) is 4.34. The summed E-state index contributed by atoms with van der Waals surface area (Å²) in [6, 6.07) is 16.4. The van der Waals surface area contributed by atoms with Crippen LogP contribution in [0.1, 0.15) is 51.3 Å². The van der Waals surface area contributed by atoms with E-state index in [4.69, 9.17) is 4.42 Å². The number of piperidine rings is 1. The first-order valence-electron chi connectivity index (χ1n) is 11.1. The zero-order valence-corrected chi connectivity index (χ0v) is 19.1. The standard InChI is InChI=1S/C26H24FN3O2S/c1-17-23(33-25(29-17)19-9-11-21(27)12-10-19)26(31)30-13-5-8-20(16-30)24-28-15-22(32-24)14-18-6-3-2-4-7-18/h2-4,6-7,9-12,15,20H,5,8,13-14,16H2,1H3. The summed E-state index contributed by atoms with van der Waals surface area (Å²) in [5, 5.41) is 0.725. The number of amides is 1. The van der Waals surface area contributed by atoms with Gasteiger partial charge in [0.2, 0.25) is 0 Å². The van der Waals surface area contributed by atoms with Crippen molar-refractivity contribution < 1.29 is 13.6 Å². The van der Waals surface area contributed by atoms with Crippen LogP contribution >= 0.6 is 11.3 Å². The molecule has 0 spiro atoms. The van der Waals surface area contributed by atoms with Crippen LogP contribution in [0.15, 0.2) is 65.2 Å². The smallest absolute Gasteiger partial charge is 0.265 e. The molecule has 3 heterocycles. The minimum Gasteiger partial charge on any atom is -0.445 e. The SMILES string of the molecule is Cc1nc(-c2ccc(F)cc2)sc1C(=O)N1CCCC(c2ncc(Cc3ccccc3)o2)C1. The lowest BCUT2D eigenvalue weighted by Gasteiger charge is -2.31. The molecule has 168 valence electrons. The predicted octanol–water partition coefficient (Wildman–Crippen LogP) is 5.86. The number of aryl methyl sites for hydroxylation is 1. The number of hydrogen-bond acceptors (Lipinski definition) is 5. The van der Waals surface area contributed by atoms with Crippen LogP contribution in [0, 0.1) is 12.7 Å². The highest BCUT2D eigenvalue weighted by Crippen LogP contribution is 2.32. The van der Waals surface area contributed by atoms with Gasteiger partial charge < -0.3 is 9.32 Å². The van der Waals surface area contributed by atoms with E-state index in [1.165, 1.54) is 29.0 Å². The van der Waals surface area contributed by atoms with E-state index in [9.17, 15) is 9.18 Å². The number of aromatic nitrogens is 2. The van der Waals surface area contributed by atoms with Crippen molar-refractivity contribution in [3.63, 3.8) is 0 Å². The summed E-state index contributed by atoms with van der Waals surface area (Å²) in [5.41, 5.74) is 2.69. The second-order valence-electron chi connectivity index (χ2n) is 8.36. The molecule has 1 atom stereocenters. The number of nitrogens with zero attached hydrogens (tertiary/aromatic N) is 3. The molecule has 0 N–H and O–H groups in total. The zero-order chi connectivity index (χ0) is 22.8. The normalized spacial score (nSPS) is 16.2. The molecule has 1 aliphatic rings. The molecular weight excluding hydrogens is 437 g/mol. The molecule has 1 amide bonds. The topological polar surface area (TPSA) is 59.2 Å². The van der Waals surface area contributed by atoms with E-state index in [0.29, 0.717) is 36.0 Å². The number of benzene rings is 2. The van der Waals surface area contributed by atoms with Crippen molar-refractivity contribution in [1.82, 2.24) is 14.9 Å². The van der Waals surface area contributed by atoms with E-state index in [1.54, 1.807) is 18.3 Å². The molecule has 0 bridgehead atoms. The van der Waals surface area contributed by atoms with Crippen molar-refractivity contribution in [2.75, 3.05) is 13.1 Å². The van der Waals surface area contributed by atoms with Gasteiger partial charge in [-0.05, 0) is 49.6 Å². The fourth-order valence-corrected chi connectivity index (χ4v) is 5.25. The molecule has 5 rings (SSSR count). The van der Waals surface area contributed by atoms with Crippen molar-refractivity contribution >= 4 is 17.2 Å². The van der Waals surface area contributed by atoms with Crippen molar-refractivity contribution in [3.8, 4) is 10.6 Å². The molecule has 4 aromatic rings. The number of rotatable bonds is 5. The number of hydrogen-bond donors (Lipinski definition) is 0. The summed E-state index contributed by atoms with van der Waals surface area (Å²) >= 11 is 1.36. The molecule has 2 aromatic carbocycles. The Hall–Kier alpha value is -3.32. The maximum absolute atomic E-state index is 13.3. The summed E-state index contributed by atoms with van der Waals surface area (Å²) in [7, 11) is 0. The maximum atomic E-state index is 13.3. The first kappa shape index (κ1) is 21.5. The number of carbonyl (C=O) groups excluding carboxylic acids is 1. The van der Waals surface area contributed by atoms with Crippen molar-refractivity contribution in [3.05, 3.63) is 94.4 Å². The quantitative estimate of drug-likeness (QED) is 0.374. The van der Waals surface area contributed by atoms with Gasteiger partial charge in [0.25, 0.3) is 5.91 Å². The van der Waals surface area contributed by atoms with Crippen LogP contribution in [0.3, 0.4) is 0 Å². The van der Waals surface area contributed by atoms with E-state index in [0.717, 1.165) is 29.2 Å². The minimum atomic E-state index is -0.291. The van der Waals surface area contributed by atoms with Gasteiger partial charge in [0.1, 0.15) is 21.5 Å². The molecule has 1 fully saturated rings. The van der Waals surface area contributed by atoms with Crippen LogP contribution in [0.25, 0.3) is 10.6 Å². The highest BCUT2D eigenvalue weighted by Gasteiger charge is 2.30. The van der Waals surface area contributed by atoms with Gasteiger partial charge in [-0.2, -0.15) is 0 Å². The van der Waals surface area contributed by atoms with E-state index in [-0.39, 0.29) is 17.6 Å². The highest BCUT2D eigenvalue weighted by molar-refractivity contribution is 7.17. The van der Waals surface area contributed by atoms with Gasteiger partial charge in [-0.25, -0.2) is 14.4 Å². The van der Waals surface area contributed by atoms with Crippen molar-refractivity contribution in [2.45, 2.75) is 32.1 Å². The molecule has 0 aliphatic carbocycles. The van der Waals surface area contributed by atoms with Crippen LogP contribution in [0.2, 0.25) is 0 Å². The molecule has 1 unspecified atom stereocenters. The Kier molecular flexibility index (Phi) is 6.05. The maximum Gasteiger partial charge on any atom is 0.265 e. The first-order valence-corrected chi connectivity index (χ1v) is 11.9. The Morgan fingerprint density at radius 2 is 1.97 bits per heavy atom. The third-order valence-electron chi connectivity index (χ3n) is 5.93. The largest absolute Gasteiger partial charge is 0.445 e. The van der Waals surface area contributed by atoms with E-state index < -0.39 is 0 Å². The number of likely N-dealkylation sites (tertiary alicyclic amines) is 1. The Labute approximate surface area is 195 Å². The van der Waals surface area contributed by atoms with Crippen LogP contribution in [0.4, 0.5) is 4.39 Å². The first-order chi connectivity index (χ1) is 16.1. The Morgan fingerprint density at radius 3 is 2.76 bits per heavy atom. The van der Waals surface area contributed by atoms with Gasteiger partial charge in [-0.3, -0.25) is 4.79 Å². The summed E-state index contributed by atoms with van der Waals surface area (Å²) in [6.45, 7) is 3.13. The minimum absolute atomic E-state index is 0.0147. The van der Waals surface area contributed by atoms with Gasteiger partial charge in [0.05, 0.1) is 17.8 Å². The second-order valence-corrected chi connectivity index (χ2v) is 9.36. The van der Waals surface area contributed by atoms with E-state index in [2.05, 4.69) is 22.1 Å².